The van der Waals surface area contributed by atoms with E-state index in [1.807, 2.05) is 6.92 Å². The molecule has 0 saturated heterocycles. The lowest BCUT2D eigenvalue weighted by atomic mass is 10.2. The largest absolute Gasteiger partial charge is 0.396 e. The number of carbonyl (C=O) groups excluding carboxylic acids is 1. The normalized spacial score (nSPS) is 12.2. The van der Waals surface area contributed by atoms with Crippen molar-refractivity contribution in [3.05, 3.63) is 28.0 Å². The van der Waals surface area contributed by atoms with Crippen LogP contribution in [0.4, 0.5) is 0 Å². The molecule has 1 amide bonds. The lowest BCUT2D eigenvalue weighted by Crippen LogP contribution is -2.29. The van der Waals surface area contributed by atoms with E-state index in [1.54, 1.807) is 0 Å². The lowest BCUT2D eigenvalue weighted by molar-refractivity contribution is 0.0942. The highest BCUT2D eigenvalue weighted by Crippen LogP contribution is 2.17. The van der Waals surface area contributed by atoms with Crippen molar-refractivity contribution >= 4 is 29.1 Å². The molecule has 16 heavy (non-hydrogen) atoms. The quantitative estimate of drug-likeness (QED) is 0.813. The summed E-state index contributed by atoms with van der Waals surface area (Å²) in [6.07, 6.45) is 1.33. The zero-order valence-electron chi connectivity index (χ0n) is 8.70. The molecule has 0 aliphatic carbocycles. The van der Waals surface area contributed by atoms with Gasteiger partial charge in [-0.25, -0.2) is 4.98 Å². The van der Waals surface area contributed by atoms with E-state index in [4.69, 9.17) is 28.3 Å². The van der Waals surface area contributed by atoms with E-state index in [9.17, 15) is 4.79 Å². The maximum absolute atomic E-state index is 11.7. The number of pyridine rings is 1. The molecule has 6 heteroatoms. The molecule has 0 aromatic carbocycles. The van der Waals surface area contributed by atoms with E-state index in [0.717, 1.165) is 0 Å². The van der Waals surface area contributed by atoms with Crippen molar-refractivity contribution in [2.75, 3.05) is 13.2 Å². The highest BCUT2D eigenvalue weighted by Gasteiger charge is 2.12. The molecule has 0 bridgehead atoms. The molecule has 2 N–H and O–H groups in total. The van der Waals surface area contributed by atoms with Gasteiger partial charge < -0.3 is 10.4 Å². The van der Waals surface area contributed by atoms with Crippen LogP contribution >= 0.6 is 23.2 Å². The van der Waals surface area contributed by atoms with Gasteiger partial charge in [0.1, 0.15) is 5.15 Å². The number of aliphatic hydroxyl groups is 1. The first-order chi connectivity index (χ1) is 7.54. The van der Waals surface area contributed by atoms with Gasteiger partial charge in [-0.2, -0.15) is 0 Å². The molecule has 0 fully saturated rings. The second-order valence-electron chi connectivity index (χ2n) is 3.48. The van der Waals surface area contributed by atoms with Crippen LogP contribution in [-0.2, 0) is 0 Å². The molecular weight excluding hydrogens is 251 g/mol. The number of hydrogen-bond acceptors (Lipinski definition) is 3. The predicted molar refractivity (Wildman–Crippen MR) is 62.8 cm³/mol. The zero-order valence-corrected chi connectivity index (χ0v) is 10.2. The van der Waals surface area contributed by atoms with Crippen LogP contribution in [0.25, 0.3) is 0 Å². The lowest BCUT2D eigenvalue weighted by Gasteiger charge is -2.10. The molecule has 1 aromatic rings. The summed E-state index contributed by atoms with van der Waals surface area (Å²) in [5, 5.41) is 11.9. The summed E-state index contributed by atoms with van der Waals surface area (Å²) < 4.78 is 0. The number of halogens is 2. The van der Waals surface area contributed by atoms with Gasteiger partial charge in [0.15, 0.2) is 0 Å². The molecule has 88 valence electrons. The Morgan fingerprint density at radius 3 is 2.94 bits per heavy atom. The molecule has 0 spiro atoms. The molecule has 1 heterocycles. The smallest absolute Gasteiger partial charge is 0.252 e. The van der Waals surface area contributed by atoms with E-state index < -0.39 is 0 Å². The number of nitrogens with one attached hydrogen (secondary N) is 1. The Labute approximate surface area is 104 Å². The van der Waals surface area contributed by atoms with Crippen LogP contribution in [0.1, 0.15) is 17.3 Å². The Balaban J connectivity index is 2.69. The zero-order chi connectivity index (χ0) is 12.1. The Morgan fingerprint density at radius 2 is 2.31 bits per heavy atom. The fourth-order valence-corrected chi connectivity index (χ4v) is 1.36. The Morgan fingerprint density at radius 1 is 1.62 bits per heavy atom. The molecule has 0 aliphatic rings. The molecule has 1 rings (SSSR count). The predicted octanol–water partition coefficient (Wildman–Crippen LogP) is 1.75. The second-order valence-corrected chi connectivity index (χ2v) is 4.28. The summed E-state index contributed by atoms with van der Waals surface area (Å²) in [6.45, 7) is 2.22. The molecule has 1 unspecified atom stereocenters. The van der Waals surface area contributed by atoms with Crippen LogP contribution in [0.5, 0.6) is 0 Å². The Hall–Kier alpha value is -0.840. The molecular formula is C10H12Cl2N2O2. The van der Waals surface area contributed by atoms with Crippen molar-refractivity contribution in [1.82, 2.24) is 10.3 Å². The van der Waals surface area contributed by atoms with Crippen LogP contribution in [0, 0.1) is 5.92 Å². The van der Waals surface area contributed by atoms with Crippen molar-refractivity contribution in [2.24, 2.45) is 5.92 Å². The first-order valence-corrected chi connectivity index (χ1v) is 5.50. The first-order valence-electron chi connectivity index (χ1n) is 4.74. The third-order valence-electron chi connectivity index (χ3n) is 1.99. The average Bonchev–Trinajstić information content (AvgIpc) is 2.28. The number of rotatable bonds is 4. The van der Waals surface area contributed by atoms with Crippen LogP contribution in [0.15, 0.2) is 12.3 Å². The third-order valence-corrected chi connectivity index (χ3v) is 2.50. The number of aromatic nitrogens is 1. The van der Waals surface area contributed by atoms with Crippen molar-refractivity contribution in [2.45, 2.75) is 6.92 Å². The van der Waals surface area contributed by atoms with Crippen molar-refractivity contribution in [1.29, 1.82) is 0 Å². The summed E-state index contributed by atoms with van der Waals surface area (Å²) in [7, 11) is 0. The maximum atomic E-state index is 11.7. The van der Waals surface area contributed by atoms with Crippen molar-refractivity contribution in [3.8, 4) is 0 Å². The summed E-state index contributed by atoms with van der Waals surface area (Å²) >= 11 is 11.5. The maximum Gasteiger partial charge on any atom is 0.252 e. The molecule has 1 aromatic heterocycles. The highest BCUT2D eigenvalue weighted by molar-refractivity contribution is 6.35. The minimum absolute atomic E-state index is 0.0000321. The van der Waals surface area contributed by atoms with Crippen LogP contribution < -0.4 is 5.32 Å². The van der Waals surface area contributed by atoms with Gasteiger partial charge >= 0.3 is 0 Å². The summed E-state index contributed by atoms with van der Waals surface area (Å²) in [6, 6.07) is 1.41. The van der Waals surface area contributed by atoms with E-state index in [0.29, 0.717) is 6.54 Å². The molecule has 0 saturated carbocycles. The Kier molecular flexibility index (Phi) is 4.99. The number of carbonyl (C=O) groups is 1. The SMILES string of the molecule is CC(CO)CNC(=O)c1cc(Cl)ncc1Cl. The van der Waals surface area contributed by atoms with Gasteiger partial charge in [0.05, 0.1) is 10.6 Å². The second kappa shape index (κ2) is 6.03. The van der Waals surface area contributed by atoms with Gasteiger partial charge in [0, 0.05) is 19.3 Å². The fraction of sp³-hybridized carbons (Fsp3) is 0.400. The van der Waals surface area contributed by atoms with Gasteiger partial charge in [0.25, 0.3) is 5.91 Å². The van der Waals surface area contributed by atoms with Gasteiger partial charge in [-0.15, -0.1) is 0 Å². The summed E-state index contributed by atoms with van der Waals surface area (Å²) in [5.74, 6) is -0.324. The summed E-state index contributed by atoms with van der Waals surface area (Å²) in [4.78, 5) is 15.4. The molecule has 1 atom stereocenters. The summed E-state index contributed by atoms with van der Waals surface area (Å²) in [5.41, 5.74) is 0.284. The third kappa shape index (κ3) is 3.63. The molecule has 4 nitrogen and oxygen atoms in total. The number of hydrogen-bond donors (Lipinski definition) is 2. The molecule has 0 aliphatic heterocycles. The van der Waals surface area contributed by atoms with Gasteiger partial charge in [-0.1, -0.05) is 30.1 Å². The van der Waals surface area contributed by atoms with Gasteiger partial charge in [-0.05, 0) is 12.0 Å². The Bertz CT molecular complexity index is 385. The fourth-order valence-electron chi connectivity index (χ4n) is 1.01. The van der Waals surface area contributed by atoms with Crippen molar-refractivity contribution < 1.29 is 9.90 Å². The number of aliphatic hydroxyl groups excluding tert-OH is 1. The number of nitrogens with zero attached hydrogens (tertiary/aromatic N) is 1. The number of amides is 1. The van der Waals surface area contributed by atoms with Crippen LogP contribution in [-0.4, -0.2) is 29.1 Å². The molecule has 0 radical (unpaired) electrons. The minimum Gasteiger partial charge on any atom is -0.396 e. The van der Waals surface area contributed by atoms with Gasteiger partial charge in [0.2, 0.25) is 0 Å². The monoisotopic (exact) mass is 262 g/mol. The van der Waals surface area contributed by atoms with E-state index in [2.05, 4.69) is 10.3 Å². The van der Waals surface area contributed by atoms with Crippen molar-refractivity contribution in [3.63, 3.8) is 0 Å². The van der Waals surface area contributed by atoms with E-state index in [-0.39, 0.29) is 34.2 Å². The topological polar surface area (TPSA) is 62.2 Å². The van der Waals surface area contributed by atoms with E-state index >= 15 is 0 Å². The van der Waals surface area contributed by atoms with Gasteiger partial charge in [-0.3, -0.25) is 4.79 Å². The minimum atomic E-state index is -0.324. The first kappa shape index (κ1) is 13.2. The van der Waals surface area contributed by atoms with E-state index in [1.165, 1.54) is 12.3 Å². The van der Waals surface area contributed by atoms with Crippen LogP contribution in [0.2, 0.25) is 10.2 Å². The standard InChI is InChI=1S/C10H12Cl2N2O2/c1-6(5-15)3-14-10(16)7-2-9(12)13-4-8(7)11/h2,4,6,15H,3,5H2,1H3,(H,14,16). The average molecular weight is 263 g/mol. The van der Waals surface area contributed by atoms with Crippen LogP contribution in [0.3, 0.4) is 0 Å². The highest BCUT2D eigenvalue weighted by atomic mass is 35.5.